The first-order valence-corrected chi connectivity index (χ1v) is 6.46. The molecule has 0 amide bonds. The molecule has 0 aliphatic carbocycles. The lowest BCUT2D eigenvalue weighted by molar-refractivity contribution is -0.159. The van der Waals surface area contributed by atoms with Crippen LogP contribution in [0, 0.1) is 5.82 Å². The van der Waals surface area contributed by atoms with Crippen LogP contribution in [-0.4, -0.2) is 41.9 Å². The summed E-state index contributed by atoms with van der Waals surface area (Å²) >= 11 is 0. The molecule has 118 valence electrons. The Hall–Kier alpha value is -1.99. The van der Waals surface area contributed by atoms with E-state index in [0.29, 0.717) is 0 Å². The molecule has 1 rings (SSSR count). The van der Waals surface area contributed by atoms with Gasteiger partial charge in [-0.3, -0.25) is 0 Å². The molecule has 0 aliphatic rings. The van der Waals surface area contributed by atoms with Gasteiger partial charge >= 0.3 is 11.9 Å². The van der Waals surface area contributed by atoms with Gasteiger partial charge in [-0.05, 0) is 37.6 Å². The highest BCUT2D eigenvalue weighted by Gasteiger charge is 2.04. The van der Waals surface area contributed by atoms with Gasteiger partial charge in [0.05, 0.1) is 0 Å². The van der Waals surface area contributed by atoms with E-state index >= 15 is 0 Å². The van der Waals surface area contributed by atoms with Gasteiger partial charge < -0.3 is 20.3 Å². The maximum Gasteiger partial charge on any atom is 0.414 e. The van der Waals surface area contributed by atoms with Gasteiger partial charge in [-0.1, -0.05) is 12.1 Å². The molecule has 0 fully saturated rings. The topological polar surface area (TPSA) is 95.9 Å². The van der Waals surface area contributed by atoms with Crippen LogP contribution in [0.15, 0.2) is 24.3 Å². The van der Waals surface area contributed by atoms with Gasteiger partial charge in [0.15, 0.2) is 0 Å². The van der Waals surface area contributed by atoms with E-state index in [2.05, 4.69) is 5.32 Å². The number of carboxylic acid groups (broad SMARTS) is 2. The molecule has 0 radical (unpaired) electrons. The van der Waals surface area contributed by atoms with Crippen LogP contribution in [0.3, 0.4) is 0 Å². The van der Waals surface area contributed by atoms with Crippen LogP contribution in [0.1, 0.15) is 18.9 Å². The third-order valence-electron chi connectivity index (χ3n) is 2.27. The van der Waals surface area contributed by atoms with Crippen LogP contribution < -0.4 is 5.32 Å². The molecule has 0 bridgehead atoms. The summed E-state index contributed by atoms with van der Waals surface area (Å²) in [7, 11) is 0. The zero-order valence-electron chi connectivity index (χ0n) is 11.8. The van der Waals surface area contributed by atoms with Gasteiger partial charge in [-0.25, -0.2) is 14.0 Å². The molecule has 0 atom stereocenters. The van der Waals surface area contributed by atoms with Crippen molar-refractivity contribution in [2.45, 2.75) is 19.9 Å². The number of benzene rings is 1. The number of aliphatic carboxylic acids is 2. The molecule has 6 nitrogen and oxygen atoms in total. The van der Waals surface area contributed by atoms with Crippen molar-refractivity contribution >= 4 is 11.9 Å². The maximum absolute atomic E-state index is 12.6. The minimum Gasteiger partial charge on any atom is -0.473 e. The highest BCUT2D eigenvalue weighted by Crippen LogP contribution is 2.01. The Bertz CT molecular complexity index is 410. The lowest BCUT2D eigenvalue weighted by Gasteiger charge is -2.04. The SMILES string of the molecule is CCOCCCNCc1ccc(F)cc1.O=C(O)C(=O)O. The minimum absolute atomic E-state index is 0.185. The molecule has 0 aliphatic heterocycles. The second kappa shape index (κ2) is 11.8. The fraction of sp³-hybridized carbons (Fsp3) is 0.429. The summed E-state index contributed by atoms with van der Waals surface area (Å²) in [5.41, 5.74) is 1.10. The van der Waals surface area contributed by atoms with Crippen LogP contribution in [0.25, 0.3) is 0 Å². The summed E-state index contributed by atoms with van der Waals surface area (Å²) in [6, 6.07) is 6.56. The van der Waals surface area contributed by atoms with Crippen LogP contribution in [0.4, 0.5) is 4.39 Å². The Kier molecular flexibility index (Phi) is 10.7. The van der Waals surface area contributed by atoms with E-state index in [0.717, 1.165) is 38.3 Å². The van der Waals surface area contributed by atoms with E-state index in [1.165, 1.54) is 12.1 Å². The Labute approximate surface area is 122 Å². The van der Waals surface area contributed by atoms with Crippen LogP contribution in [0.5, 0.6) is 0 Å². The van der Waals surface area contributed by atoms with E-state index in [-0.39, 0.29) is 5.82 Å². The number of rotatable bonds is 7. The first-order valence-electron chi connectivity index (χ1n) is 6.46. The summed E-state index contributed by atoms with van der Waals surface area (Å²) in [6.45, 7) is 5.28. The number of nitrogens with one attached hydrogen (secondary N) is 1. The van der Waals surface area contributed by atoms with Crippen LogP contribution in [-0.2, 0) is 20.9 Å². The maximum atomic E-state index is 12.6. The fourth-order valence-electron chi connectivity index (χ4n) is 1.28. The summed E-state index contributed by atoms with van der Waals surface area (Å²) in [5, 5.41) is 18.1. The average Bonchev–Trinajstić information content (AvgIpc) is 2.45. The van der Waals surface area contributed by atoms with Crippen molar-refractivity contribution in [1.29, 1.82) is 0 Å². The van der Waals surface area contributed by atoms with Gasteiger partial charge in [0.2, 0.25) is 0 Å². The van der Waals surface area contributed by atoms with Crippen molar-refractivity contribution in [2.75, 3.05) is 19.8 Å². The van der Waals surface area contributed by atoms with Crippen molar-refractivity contribution in [3.8, 4) is 0 Å². The van der Waals surface area contributed by atoms with Gasteiger partial charge in [0, 0.05) is 19.8 Å². The number of carbonyl (C=O) groups is 2. The number of hydrogen-bond acceptors (Lipinski definition) is 4. The Balaban J connectivity index is 0.000000567. The second-order valence-corrected chi connectivity index (χ2v) is 3.96. The van der Waals surface area contributed by atoms with Gasteiger partial charge in [0.25, 0.3) is 0 Å². The average molecular weight is 301 g/mol. The zero-order valence-corrected chi connectivity index (χ0v) is 11.8. The number of hydrogen-bond donors (Lipinski definition) is 3. The van der Waals surface area contributed by atoms with Gasteiger partial charge in [0.1, 0.15) is 5.82 Å². The highest BCUT2D eigenvalue weighted by molar-refractivity contribution is 6.27. The smallest absolute Gasteiger partial charge is 0.414 e. The van der Waals surface area contributed by atoms with Crippen LogP contribution >= 0.6 is 0 Å². The van der Waals surface area contributed by atoms with Gasteiger partial charge in [-0.2, -0.15) is 0 Å². The molecule has 0 heterocycles. The van der Waals surface area contributed by atoms with Crippen molar-refractivity contribution in [2.24, 2.45) is 0 Å². The molecule has 1 aromatic rings. The van der Waals surface area contributed by atoms with Crippen molar-refractivity contribution in [3.05, 3.63) is 35.6 Å². The van der Waals surface area contributed by atoms with E-state index in [1.54, 1.807) is 12.1 Å². The minimum atomic E-state index is -1.82. The van der Waals surface area contributed by atoms with E-state index in [1.807, 2.05) is 6.92 Å². The predicted octanol–water partition coefficient (Wildman–Crippen LogP) is 1.50. The highest BCUT2D eigenvalue weighted by atomic mass is 19.1. The first-order chi connectivity index (χ1) is 9.97. The summed E-state index contributed by atoms with van der Waals surface area (Å²) in [4.78, 5) is 18.2. The van der Waals surface area contributed by atoms with E-state index in [9.17, 15) is 4.39 Å². The van der Waals surface area contributed by atoms with Crippen molar-refractivity contribution in [3.63, 3.8) is 0 Å². The lowest BCUT2D eigenvalue weighted by atomic mass is 10.2. The van der Waals surface area contributed by atoms with E-state index < -0.39 is 11.9 Å². The molecule has 0 saturated carbocycles. The quantitative estimate of drug-likeness (QED) is 0.522. The summed E-state index contributed by atoms with van der Waals surface area (Å²) < 4.78 is 17.8. The third kappa shape index (κ3) is 11.5. The Morgan fingerprint density at radius 1 is 1.19 bits per heavy atom. The second-order valence-electron chi connectivity index (χ2n) is 3.96. The molecule has 1 aromatic carbocycles. The normalized spacial score (nSPS) is 9.62. The third-order valence-corrected chi connectivity index (χ3v) is 2.27. The molecule has 3 N–H and O–H groups in total. The summed E-state index contributed by atoms with van der Waals surface area (Å²) in [6.07, 6.45) is 1.01. The summed E-state index contributed by atoms with van der Waals surface area (Å²) in [5.74, 6) is -3.83. The largest absolute Gasteiger partial charge is 0.473 e. The molecule has 0 saturated heterocycles. The van der Waals surface area contributed by atoms with Crippen molar-refractivity contribution in [1.82, 2.24) is 5.32 Å². The standard InChI is InChI=1S/C12H18FNO.C2H2O4/c1-2-15-9-3-8-14-10-11-4-6-12(13)7-5-11;3-1(4)2(5)6/h4-7,14H,2-3,8-10H2,1H3;(H,3,4)(H,5,6). The van der Waals surface area contributed by atoms with Crippen LogP contribution in [0.2, 0.25) is 0 Å². The molecular formula is C14H20FNO5. The molecule has 0 aromatic heterocycles. The Morgan fingerprint density at radius 3 is 2.24 bits per heavy atom. The molecule has 0 unspecified atom stereocenters. The molecular weight excluding hydrogens is 281 g/mol. The van der Waals surface area contributed by atoms with E-state index in [4.69, 9.17) is 24.5 Å². The lowest BCUT2D eigenvalue weighted by Crippen LogP contribution is -2.16. The Morgan fingerprint density at radius 2 is 1.76 bits per heavy atom. The number of halogens is 1. The first kappa shape index (κ1) is 19.0. The molecule has 21 heavy (non-hydrogen) atoms. The monoisotopic (exact) mass is 301 g/mol. The van der Waals surface area contributed by atoms with Crippen molar-refractivity contribution < 1.29 is 28.9 Å². The molecule has 7 heteroatoms. The zero-order chi connectivity index (χ0) is 16.1. The molecule has 0 spiro atoms. The number of ether oxygens (including phenoxy) is 1. The number of carboxylic acids is 2. The predicted molar refractivity (Wildman–Crippen MR) is 74.5 cm³/mol. The van der Waals surface area contributed by atoms with Gasteiger partial charge in [-0.15, -0.1) is 0 Å². The fourth-order valence-corrected chi connectivity index (χ4v) is 1.28.